The number of aliphatic imine (C=N–C) groups is 1. The van der Waals surface area contributed by atoms with E-state index in [4.69, 9.17) is 4.99 Å². The third-order valence-electron chi connectivity index (χ3n) is 4.80. The van der Waals surface area contributed by atoms with Crippen LogP contribution in [0.25, 0.3) is 0 Å². The van der Waals surface area contributed by atoms with Gasteiger partial charge in [-0.1, -0.05) is 12.1 Å². The van der Waals surface area contributed by atoms with Gasteiger partial charge in [-0.15, -0.1) is 0 Å². The lowest BCUT2D eigenvalue weighted by Crippen LogP contribution is -2.46. The standard InChI is InChI=1S/C20H31N5O3/c1-4-22-19(25-11-9-15(10-12-25)13-18(26)21-2)23-14-16-5-7-17(8-6-16)24-20(27)28-3/h5-8,15H,4,9-14H2,1-3H3,(H,21,26)(H,22,23)(H,24,27). The molecule has 0 saturated carbocycles. The third kappa shape index (κ3) is 6.75. The van der Waals surface area contributed by atoms with Crippen molar-refractivity contribution in [3.05, 3.63) is 29.8 Å². The van der Waals surface area contributed by atoms with Crippen LogP contribution >= 0.6 is 0 Å². The highest BCUT2D eigenvalue weighted by atomic mass is 16.5. The lowest BCUT2D eigenvalue weighted by atomic mass is 9.93. The molecule has 3 N–H and O–H groups in total. The van der Waals surface area contributed by atoms with Gasteiger partial charge in [0, 0.05) is 38.8 Å². The van der Waals surface area contributed by atoms with Gasteiger partial charge in [0.1, 0.15) is 0 Å². The molecule has 1 aromatic carbocycles. The molecule has 0 radical (unpaired) electrons. The van der Waals surface area contributed by atoms with E-state index in [-0.39, 0.29) is 5.91 Å². The molecular weight excluding hydrogens is 358 g/mol. The minimum atomic E-state index is -0.486. The largest absolute Gasteiger partial charge is 0.453 e. The summed E-state index contributed by atoms with van der Waals surface area (Å²) >= 11 is 0. The van der Waals surface area contributed by atoms with E-state index in [9.17, 15) is 9.59 Å². The van der Waals surface area contributed by atoms with E-state index < -0.39 is 6.09 Å². The maximum Gasteiger partial charge on any atom is 0.411 e. The highest BCUT2D eigenvalue weighted by Gasteiger charge is 2.23. The van der Waals surface area contributed by atoms with Crippen LogP contribution in [-0.4, -0.2) is 56.7 Å². The summed E-state index contributed by atoms with van der Waals surface area (Å²) in [4.78, 5) is 29.8. The predicted molar refractivity (Wildman–Crippen MR) is 110 cm³/mol. The molecule has 1 aromatic rings. The molecule has 2 amide bonds. The van der Waals surface area contributed by atoms with Crippen LogP contribution in [0.5, 0.6) is 0 Å². The molecule has 1 fully saturated rings. The van der Waals surface area contributed by atoms with Gasteiger partial charge >= 0.3 is 6.09 Å². The highest BCUT2D eigenvalue weighted by molar-refractivity contribution is 5.84. The maximum absolute atomic E-state index is 11.6. The minimum Gasteiger partial charge on any atom is -0.453 e. The van der Waals surface area contributed by atoms with E-state index in [1.165, 1.54) is 7.11 Å². The number of hydrogen-bond acceptors (Lipinski definition) is 4. The second-order valence-electron chi connectivity index (χ2n) is 6.79. The normalized spacial score (nSPS) is 15.1. The molecule has 28 heavy (non-hydrogen) atoms. The monoisotopic (exact) mass is 389 g/mol. The summed E-state index contributed by atoms with van der Waals surface area (Å²) in [6.07, 6.45) is 2.10. The number of nitrogens with one attached hydrogen (secondary N) is 3. The van der Waals surface area contributed by atoms with Crippen molar-refractivity contribution in [3.8, 4) is 0 Å². The Morgan fingerprint density at radius 1 is 1.21 bits per heavy atom. The number of carbonyl (C=O) groups excluding carboxylic acids is 2. The Labute approximate surface area is 166 Å². The second-order valence-corrected chi connectivity index (χ2v) is 6.79. The molecule has 1 aliphatic heterocycles. The fraction of sp³-hybridized carbons (Fsp3) is 0.550. The van der Waals surface area contributed by atoms with Gasteiger partial charge in [0.15, 0.2) is 5.96 Å². The van der Waals surface area contributed by atoms with Gasteiger partial charge in [-0.05, 0) is 43.4 Å². The third-order valence-corrected chi connectivity index (χ3v) is 4.80. The Balaban J connectivity index is 1.92. The van der Waals surface area contributed by atoms with Gasteiger partial charge in [0.05, 0.1) is 13.7 Å². The molecule has 0 aliphatic carbocycles. The van der Waals surface area contributed by atoms with Gasteiger partial charge < -0.3 is 20.3 Å². The SMILES string of the molecule is CCNC(=NCc1ccc(NC(=O)OC)cc1)N1CCC(CC(=O)NC)CC1. The average Bonchev–Trinajstić information content (AvgIpc) is 2.72. The number of likely N-dealkylation sites (tertiary alicyclic amines) is 1. The molecule has 154 valence electrons. The number of piperidine rings is 1. The zero-order chi connectivity index (χ0) is 20.4. The average molecular weight is 390 g/mol. The molecule has 0 spiro atoms. The van der Waals surface area contributed by atoms with Crippen molar-refractivity contribution in [2.24, 2.45) is 10.9 Å². The summed E-state index contributed by atoms with van der Waals surface area (Å²) in [7, 11) is 3.02. The number of benzene rings is 1. The Bertz CT molecular complexity index is 667. The minimum absolute atomic E-state index is 0.115. The molecule has 0 atom stereocenters. The molecule has 2 rings (SSSR count). The van der Waals surface area contributed by atoms with E-state index in [1.807, 2.05) is 24.3 Å². The van der Waals surface area contributed by atoms with E-state index in [0.29, 0.717) is 24.6 Å². The first-order chi connectivity index (χ1) is 13.5. The van der Waals surface area contributed by atoms with Crippen LogP contribution in [0.3, 0.4) is 0 Å². The summed E-state index contributed by atoms with van der Waals surface area (Å²) in [6, 6.07) is 7.54. The van der Waals surface area contributed by atoms with Crippen LogP contribution < -0.4 is 16.0 Å². The Kier molecular flexibility index (Phi) is 8.58. The zero-order valence-electron chi connectivity index (χ0n) is 17.0. The van der Waals surface area contributed by atoms with Crippen molar-refractivity contribution < 1.29 is 14.3 Å². The van der Waals surface area contributed by atoms with E-state index in [1.54, 1.807) is 7.05 Å². The van der Waals surface area contributed by atoms with Crippen LogP contribution in [0.4, 0.5) is 10.5 Å². The van der Waals surface area contributed by atoms with Crippen LogP contribution in [0, 0.1) is 5.92 Å². The van der Waals surface area contributed by atoms with Crippen molar-refractivity contribution in [3.63, 3.8) is 0 Å². The van der Waals surface area contributed by atoms with Crippen LogP contribution in [-0.2, 0) is 16.1 Å². The number of amides is 2. The van der Waals surface area contributed by atoms with Crippen molar-refractivity contribution in [2.45, 2.75) is 32.7 Å². The summed E-state index contributed by atoms with van der Waals surface area (Å²) in [5.41, 5.74) is 1.74. The molecule has 8 heteroatoms. The second kappa shape index (κ2) is 11.2. The number of guanidine groups is 1. The van der Waals surface area contributed by atoms with E-state index >= 15 is 0 Å². The number of carbonyl (C=O) groups is 2. The number of rotatable bonds is 6. The fourth-order valence-corrected chi connectivity index (χ4v) is 3.17. The van der Waals surface area contributed by atoms with Gasteiger partial charge in [0.2, 0.25) is 5.91 Å². The molecule has 0 aromatic heterocycles. The molecule has 1 saturated heterocycles. The number of ether oxygens (including phenoxy) is 1. The summed E-state index contributed by atoms with van der Waals surface area (Å²) < 4.78 is 4.58. The molecule has 8 nitrogen and oxygen atoms in total. The molecule has 1 aliphatic rings. The van der Waals surface area contributed by atoms with Gasteiger partial charge in [-0.2, -0.15) is 0 Å². The first-order valence-electron chi connectivity index (χ1n) is 9.73. The Morgan fingerprint density at radius 3 is 2.46 bits per heavy atom. The summed E-state index contributed by atoms with van der Waals surface area (Å²) in [5.74, 6) is 1.45. The maximum atomic E-state index is 11.6. The molecule has 0 bridgehead atoms. The van der Waals surface area contributed by atoms with Crippen molar-refractivity contribution in [2.75, 3.05) is 39.1 Å². The van der Waals surface area contributed by atoms with Crippen LogP contribution in [0.15, 0.2) is 29.3 Å². The lowest BCUT2D eigenvalue weighted by Gasteiger charge is -2.34. The Hall–Kier alpha value is -2.77. The van der Waals surface area contributed by atoms with Crippen LogP contribution in [0.2, 0.25) is 0 Å². The van der Waals surface area contributed by atoms with Crippen molar-refractivity contribution in [1.29, 1.82) is 0 Å². The number of nitrogens with zero attached hydrogens (tertiary/aromatic N) is 2. The fourth-order valence-electron chi connectivity index (χ4n) is 3.17. The highest BCUT2D eigenvalue weighted by Crippen LogP contribution is 2.20. The summed E-state index contributed by atoms with van der Waals surface area (Å²) in [6.45, 7) is 5.21. The van der Waals surface area contributed by atoms with E-state index in [2.05, 4.69) is 32.5 Å². The van der Waals surface area contributed by atoms with Gasteiger partial charge in [-0.3, -0.25) is 10.1 Å². The van der Waals surface area contributed by atoms with Gasteiger partial charge in [0.25, 0.3) is 0 Å². The summed E-state index contributed by atoms with van der Waals surface area (Å²) in [5, 5.41) is 8.69. The smallest absolute Gasteiger partial charge is 0.411 e. The van der Waals surface area contributed by atoms with E-state index in [0.717, 1.165) is 44.0 Å². The predicted octanol–water partition coefficient (Wildman–Crippen LogP) is 2.18. The Morgan fingerprint density at radius 2 is 1.89 bits per heavy atom. The van der Waals surface area contributed by atoms with Crippen molar-refractivity contribution >= 4 is 23.6 Å². The number of anilines is 1. The lowest BCUT2D eigenvalue weighted by molar-refractivity contribution is -0.121. The quantitative estimate of drug-likeness (QED) is 0.512. The zero-order valence-corrected chi connectivity index (χ0v) is 17.0. The molecular formula is C20H31N5O3. The topological polar surface area (TPSA) is 95.1 Å². The molecule has 0 unspecified atom stereocenters. The van der Waals surface area contributed by atoms with Gasteiger partial charge in [-0.25, -0.2) is 9.79 Å². The number of methoxy groups -OCH3 is 1. The van der Waals surface area contributed by atoms with Crippen molar-refractivity contribution in [1.82, 2.24) is 15.5 Å². The first kappa shape index (κ1) is 21.5. The number of hydrogen-bond donors (Lipinski definition) is 3. The van der Waals surface area contributed by atoms with Crippen LogP contribution in [0.1, 0.15) is 31.7 Å². The first-order valence-corrected chi connectivity index (χ1v) is 9.73. The molecule has 1 heterocycles.